The topological polar surface area (TPSA) is 69.8 Å². The molecule has 20 heavy (non-hydrogen) atoms. The molecule has 7 heteroatoms. The number of aromatic nitrogens is 5. The van der Waals surface area contributed by atoms with Crippen molar-refractivity contribution >= 4 is 0 Å². The maximum absolute atomic E-state index is 5.72. The van der Waals surface area contributed by atoms with E-state index in [1.165, 1.54) is 5.56 Å². The number of hydrogen-bond acceptors (Lipinski definition) is 5. The fraction of sp³-hybridized carbons (Fsp3) is 0.615. The number of nitrogens with zero attached hydrogens (tertiary/aromatic N) is 5. The number of fused-ring (bicyclic) bond motifs is 1. The van der Waals surface area contributed by atoms with Crippen LogP contribution in [-0.4, -0.2) is 37.9 Å². The molecule has 0 spiro atoms. The zero-order chi connectivity index (χ0) is 13.9. The maximum atomic E-state index is 5.72. The van der Waals surface area contributed by atoms with E-state index in [4.69, 9.17) is 4.74 Å². The summed E-state index contributed by atoms with van der Waals surface area (Å²) in [6.07, 6.45) is 3.91. The predicted molar refractivity (Wildman–Crippen MR) is 72.8 cm³/mol. The molecule has 0 fully saturated rings. The average Bonchev–Trinajstić information content (AvgIpc) is 2.91. The first-order valence-electron chi connectivity index (χ1n) is 6.87. The second-order valence-electron chi connectivity index (χ2n) is 5.34. The Morgan fingerprint density at radius 3 is 3.20 bits per heavy atom. The van der Waals surface area contributed by atoms with Gasteiger partial charge in [-0.3, -0.25) is 4.68 Å². The van der Waals surface area contributed by atoms with Crippen molar-refractivity contribution in [1.82, 2.24) is 30.1 Å². The SMILES string of the molecule is Cc1nnn2c1COCC(CNCc1cnn(C)c1)C2. The lowest BCUT2D eigenvalue weighted by atomic mass is 10.1. The van der Waals surface area contributed by atoms with Crippen LogP contribution in [0.15, 0.2) is 12.4 Å². The highest BCUT2D eigenvalue weighted by molar-refractivity contribution is 5.07. The van der Waals surface area contributed by atoms with Gasteiger partial charge in [0.25, 0.3) is 0 Å². The van der Waals surface area contributed by atoms with Gasteiger partial charge in [0.05, 0.1) is 30.8 Å². The van der Waals surface area contributed by atoms with Gasteiger partial charge >= 0.3 is 0 Å². The molecule has 1 atom stereocenters. The molecule has 2 aromatic heterocycles. The van der Waals surface area contributed by atoms with Crippen molar-refractivity contribution in [2.75, 3.05) is 13.2 Å². The average molecular weight is 276 g/mol. The molecule has 1 aliphatic heterocycles. The molecule has 0 saturated carbocycles. The van der Waals surface area contributed by atoms with Crippen LogP contribution in [0.3, 0.4) is 0 Å². The highest BCUT2D eigenvalue weighted by atomic mass is 16.5. The van der Waals surface area contributed by atoms with E-state index in [2.05, 4.69) is 20.7 Å². The van der Waals surface area contributed by atoms with Crippen LogP contribution in [0.2, 0.25) is 0 Å². The van der Waals surface area contributed by atoms with Gasteiger partial charge in [-0.25, -0.2) is 4.68 Å². The van der Waals surface area contributed by atoms with E-state index in [9.17, 15) is 0 Å². The monoisotopic (exact) mass is 276 g/mol. The molecule has 0 saturated heterocycles. The van der Waals surface area contributed by atoms with Gasteiger partial charge in [-0.2, -0.15) is 5.10 Å². The minimum absolute atomic E-state index is 0.411. The minimum atomic E-state index is 0.411. The Labute approximate surface area is 117 Å². The summed E-state index contributed by atoms with van der Waals surface area (Å²) in [4.78, 5) is 0. The van der Waals surface area contributed by atoms with Gasteiger partial charge in [-0.1, -0.05) is 5.21 Å². The summed E-state index contributed by atoms with van der Waals surface area (Å²) >= 11 is 0. The third-order valence-corrected chi connectivity index (χ3v) is 3.58. The van der Waals surface area contributed by atoms with Crippen LogP contribution in [-0.2, 0) is 31.5 Å². The molecular formula is C13H20N6O. The van der Waals surface area contributed by atoms with Gasteiger partial charge in [0.15, 0.2) is 0 Å². The smallest absolute Gasteiger partial charge is 0.0904 e. The van der Waals surface area contributed by atoms with Crippen LogP contribution in [0.25, 0.3) is 0 Å². The molecule has 1 aliphatic rings. The molecule has 0 amide bonds. The Bertz CT molecular complexity index is 575. The molecule has 1 N–H and O–H groups in total. The van der Waals surface area contributed by atoms with E-state index in [1.54, 1.807) is 0 Å². The fourth-order valence-electron chi connectivity index (χ4n) is 2.47. The van der Waals surface area contributed by atoms with E-state index in [0.717, 1.165) is 37.6 Å². The first-order chi connectivity index (χ1) is 9.72. The van der Waals surface area contributed by atoms with Gasteiger partial charge in [-0.05, 0) is 6.92 Å². The van der Waals surface area contributed by atoms with Crippen LogP contribution in [0.1, 0.15) is 17.0 Å². The fourth-order valence-corrected chi connectivity index (χ4v) is 2.47. The van der Waals surface area contributed by atoms with Crippen molar-refractivity contribution in [1.29, 1.82) is 0 Å². The molecule has 7 nitrogen and oxygen atoms in total. The van der Waals surface area contributed by atoms with E-state index >= 15 is 0 Å². The Morgan fingerprint density at radius 1 is 1.50 bits per heavy atom. The third-order valence-electron chi connectivity index (χ3n) is 3.58. The number of aryl methyl sites for hydroxylation is 2. The second kappa shape index (κ2) is 5.72. The van der Waals surface area contributed by atoms with Gasteiger partial charge in [-0.15, -0.1) is 5.10 Å². The van der Waals surface area contributed by atoms with Crippen LogP contribution in [0, 0.1) is 12.8 Å². The van der Waals surface area contributed by atoms with Crippen LogP contribution >= 0.6 is 0 Å². The summed E-state index contributed by atoms with van der Waals surface area (Å²) in [6.45, 7) is 5.92. The molecule has 3 heterocycles. The van der Waals surface area contributed by atoms with Crippen molar-refractivity contribution in [3.8, 4) is 0 Å². The Morgan fingerprint density at radius 2 is 2.40 bits per heavy atom. The summed E-state index contributed by atoms with van der Waals surface area (Å²) in [7, 11) is 1.93. The molecule has 0 aliphatic carbocycles. The largest absolute Gasteiger partial charge is 0.375 e. The third kappa shape index (κ3) is 2.88. The molecule has 0 bridgehead atoms. The lowest BCUT2D eigenvalue weighted by molar-refractivity contribution is 0.0936. The summed E-state index contributed by atoms with van der Waals surface area (Å²) in [5, 5.41) is 15.9. The molecule has 3 rings (SSSR count). The van der Waals surface area contributed by atoms with Crippen LogP contribution < -0.4 is 5.32 Å². The minimum Gasteiger partial charge on any atom is -0.375 e. The lowest BCUT2D eigenvalue weighted by Crippen LogP contribution is -2.28. The lowest BCUT2D eigenvalue weighted by Gasteiger charge is -2.14. The van der Waals surface area contributed by atoms with E-state index < -0.39 is 0 Å². The highest BCUT2D eigenvalue weighted by Crippen LogP contribution is 2.14. The number of rotatable bonds is 4. The van der Waals surface area contributed by atoms with Crippen molar-refractivity contribution in [3.05, 3.63) is 29.3 Å². The van der Waals surface area contributed by atoms with Gasteiger partial charge in [0.1, 0.15) is 0 Å². The zero-order valence-electron chi connectivity index (χ0n) is 11.9. The van der Waals surface area contributed by atoms with Gasteiger partial charge in [0.2, 0.25) is 0 Å². The van der Waals surface area contributed by atoms with Crippen molar-refractivity contribution < 1.29 is 4.74 Å². The quantitative estimate of drug-likeness (QED) is 0.867. The molecule has 0 aromatic carbocycles. The predicted octanol–water partition coefficient (Wildman–Crippen LogP) is 0.256. The number of ether oxygens (including phenoxy) is 1. The summed E-state index contributed by atoms with van der Waals surface area (Å²) in [5.41, 5.74) is 3.26. The summed E-state index contributed by atoms with van der Waals surface area (Å²) in [6, 6.07) is 0. The van der Waals surface area contributed by atoms with Crippen molar-refractivity contribution in [3.63, 3.8) is 0 Å². The molecule has 1 unspecified atom stereocenters. The standard InChI is InChI=1S/C13H20N6O/c1-10-13-9-20-8-12(7-19(13)17-16-10)4-14-3-11-5-15-18(2)6-11/h5-6,12,14H,3-4,7-9H2,1-2H3. The first kappa shape index (κ1) is 13.3. The highest BCUT2D eigenvalue weighted by Gasteiger charge is 2.19. The molecule has 2 aromatic rings. The first-order valence-corrected chi connectivity index (χ1v) is 6.87. The second-order valence-corrected chi connectivity index (χ2v) is 5.34. The van der Waals surface area contributed by atoms with Crippen molar-refractivity contribution in [2.45, 2.75) is 26.6 Å². The summed E-state index contributed by atoms with van der Waals surface area (Å²) < 4.78 is 9.51. The summed E-state index contributed by atoms with van der Waals surface area (Å²) in [5.74, 6) is 0.411. The molecule has 0 radical (unpaired) electrons. The van der Waals surface area contributed by atoms with E-state index in [0.29, 0.717) is 12.5 Å². The Balaban J connectivity index is 1.53. The maximum Gasteiger partial charge on any atom is 0.0904 e. The van der Waals surface area contributed by atoms with Gasteiger partial charge < -0.3 is 10.1 Å². The van der Waals surface area contributed by atoms with Crippen molar-refractivity contribution in [2.24, 2.45) is 13.0 Å². The zero-order valence-corrected chi connectivity index (χ0v) is 11.9. The molecule has 108 valence electrons. The molecular weight excluding hydrogens is 256 g/mol. The Hall–Kier alpha value is -1.73. The normalized spacial score (nSPS) is 18.8. The van der Waals surface area contributed by atoms with E-state index in [1.807, 2.05) is 35.7 Å². The Kier molecular flexibility index (Phi) is 3.79. The number of nitrogens with one attached hydrogen (secondary N) is 1. The number of hydrogen-bond donors (Lipinski definition) is 1. The van der Waals surface area contributed by atoms with Crippen LogP contribution in [0.5, 0.6) is 0 Å². The van der Waals surface area contributed by atoms with E-state index in [-0.39, 0.29) is 0 Å². The van der Waals surface area contributed by atoms with Crippen LogP contribution in [0.4, 0.5) is 0 Å². The van der Waals surface area contributed by atoms with Gasteiger partial charge in [0, 0.05) is 44.4 Å².